The number of methoxy groups -OCH3 is 1. The first kappa shape index (κ1) is 18.7. The first-order valence-corrected chi connectivity index (χ1v) is 8.53. The summed E-state index contributed by atoms with van der Waals surface area (Å²) in [5.41, 5.74) is 1.22. The molecule has 0 saturated carbocycles. The molecule has 0 aromatic heterocycles. The van der Waals surface area contributed by atoms with Crippen LogP contribution in [-0.2, 0) is 0 Å². The molecule has 6 heteroatoms. The lowest BCUT2D eigenvalue weighted by atomic mass is 10.2. The van der Waals surface area contributed by atoms with Gasteiger partial charge in [-0.1, -0.05) is 25.5 Å². The number of hydrogen-bond donors (Lipinski definition) is 2. The van der Waals surface area contributed by atoms with E-state index in [-0.39, 0.29) is 11.0 Å². The molecule has 2 rings (SSSR count). The minimum absolute atomic E-state index is 0.221. The van der Waals surface area contributed by atoms with Crippen LogP contribution in [0, 0.1) is 0 Å². The van der Waals surface area contributed by atoms with Crippen LogP contribution in [0.4, 0.5) is 5.69 Å². The smallest absolute Gasteiger partial charge is 0.261 e. The van der Waals surface area contributed by atoms with Crippen molar-refractivity contribution in [2.24, 2.45) is 0 Å². The standard InChI is InChI=1S/C19H22N2O3S/c1-3-4-13-24-17-8-6-5-7-16(17)18(22)21-19(25)20-14-9-11-15(23-2)12-10-14/h5-12H,3-4,13H2,1-2H3,(H2,20,21,22,25). The molecule has 2 aromatic rings. The summed E-state index contributed by atoms with van der Waals surface area (Å²) in [6.07, 6.45) is 1.97. The van der Waals surface area contributed by atoms with E-state index in [0.29, 0.717) is 17.9 Å². The topological polar surface area (TPSA) is 59.6 Å². The maximum absolute atomic E-state index is 12.5. The SMILES string of the molecule is CCCCOc1ccccc1C(=O)NC(=S)Nc1ccc(OC)cc1. The van der Waals surface area contributed by atoms with Crippen molar-refractivity contribution in [2.75, 3.05) is 19.0 Å². The Labute approximate surface area is 153 Å². The van der Waals surface area contributed by atoms with Gasteiger partial charge in [0.2, 0.25) is 0 Å². The third-order valence-corrected chi connectivity index (χ3v) is 3.67. The number of amides is 1. The average Bonchev–Trinajstić information content (AvgIpc) is 2.63. The Morgan fingerprint density at radius 1 is 1.12 bits per heavy atom. The number of rotatable bonds is 7. The molecular formula is C19H22N2O3S. The Balaban J connectivity index is 1.97. The van der Waals surface area contributed by atoms with Crippen LogP contribution in [0.15, 0.2) is 48.5 Å². The second-order valence-corrected chi connectivity index (χ2v) is 5.74. The molecule has 0 aliphatic heterocycles. The third-order valence-electron chi connectivity index (χ3n) is 3.46. The maximum Gasteiger partial charge on any atom is 0.261 e. The van der Waals surface area contributed by atoms with Crippen molar-refractivity contribution >= 4 is 28.9 Å². The first-order valence-electron chi connectivity index (χ1n) is 8.12. The van der Waals surface area contributed by atoms with Crippen molar-refractivity contribution < 1.29 is 14.3 Å². The number of para-hydroxylation sites is 1. The number of thiocarbonyl (C=S) groups is 1. The fraction of sp³-hybridized carbons (Fsp3) is 0.263. The number of anilines is 1. The molecule has 0 atom stereocenters. The summed E-state index contributed by atoms with van der Waals surface area (Å²) in [5, 5.41) is 5.86. The van der Waals surface area contributed by atoms with Gasteiger partial charge in [-0.15, -0.1) is 0 Å². The summed E-state index contributed by atoms with van der Waals surface area (Å²) in [4.78, 5) is 12.5. The van der Waals surface area contributed by atoms with Gasteiger partial charge in [-0.05, 0) is 55.0 Å². The van der Waals surface area contributed by atoms with Gasteiger partial charge in [-0.25, -0.2) is 0 Å². The summed E-state index contributed by atoms with van der Waals surface area (Å²) in [5.74, 6) is 0.998. The van der Waals surface area contributed by atoms with Gasteiger partial charge in [0, 0.05) is 5.69 Å². The second-order valence-electron chi connectivity index (χ2n) is 5.33. The molecule has 132 valence electrons. The van der Waals surface area contributed by atoms with Crippen LogP contribution in [0.1, 0.15) is 30.1 Å². The molecule has 2 aromatic carbocycles. The molecule has 0 aliphatic rings. The van der Waals surface area contributed by atoms with Crippen molar-refractivity contribution in [1.82, 2.24) is 5.32 Å². The van der Waals surface area contributed by atoms with Gasteiger partial charge in [0.05, 0.1) is 19.3 Å². The number of unbranched alkanes of at least 4 members (excludes halogenated alkanes) is 1. The minimum atomic E-state index is -0.307. The number of benzene rings is 2. The van der Waals surface area contributed by atoms with Gasteiger partial charge < -0.3 is 14.8 Å². The molecule has 25 heavy (non-hydrogen) atoms. The van der Waals surface area contributed by atoms with Crippen LogP contribution < -0.4 is 20.1 Å². The van der Waals surface area contributed by atoms with Crippen molar-refractivity contribution in [3.8, 4) is 11.5 Å². The quantitative estimate of drug-likeness (QED) is 0.579. The van der Waals surface area contributed by atoms with E-state index in [2.05, 4.69) is 17.6 Å². The van der Waals surface area contributed by atoms with E-state index in [1.54, 1.807) is 25.3 Å². The molecule has 0 unspecified atom stereocenters. The van der Waals surface area contributed by atoms with Crippen LogP contribution in [0.3, 0.4) is 0 Å². The van der Waals surface area contributed by atoms with Crippen LogP contribution in [0.2, 0.25) is 0 Å². The highest BCUT2D eigenvalue weighted by molar-refractivity contribution is 7.80. The summed E-state index contributed by atoms with van der Waals surface area (Å²) in [6.45, 7) is 2.67. The van der Waals surface area contributed by atoms with Crippen LogP contribution >= 0.6 is 12.2 Å². The van der Waals surface area contributed by atoms with Crippen LogP contribution in [0.25, 0.3) is 0 Å². The summed E-state index contributed by atoms with van der Waals surface area (Å²) in [6, 6.07) is 14.4. The Bertz CT molecular complexity index is 717. The normalized spacial score (nSPS) is 10.0. The Kier molecular flexibility index (Phi) is 7.22. The van der Waals surface area contributed by atoms with Gasteiger partial charge >= 0.3 is 0 Å². The first-order chi connectivity index (χ1) is 12.1. The van der Waals surface area contributed by atoms with Crippen molar-refractivity contribution in [3.63, 3.8) is 0 Å². The number of nitrogens with one attached hydrogen (secondary N) is 2. The lowest BCUT2D eigenvalue weighted by Gasteiger charge is -2.13. The molecule has 0 saturated heterocycles. The fourth-order valence-electron chi connectivity index (χ4n) is 2.11. The van der Waals surface area contributed by atoms with Crippen LogP contribution in [-0.4, -0.2) is 24.7 Å². The van der Waals surface area contributed by atoms with E-state index in [1.165, 1.54) is 0 Å². The lowest BCUT2D eigenvalue weighted by Crippen LogP contribution is -2.34. The summed E-state index contributed by atoms with van der Waals surface area (Å²) in [7, 11) is 1.60. The number of hydrogen-bond acceptors (Lipinski definition) is 4. The highest BCUT2D eigenvalue weighted by Crippen LogP contribution is 2.19. The number of ether oxygens (including phenoxy) is 2. The Morgan fingerprint density at radius 3 is 2.52 bits per heavy atom. The largest absolute Gasteiger partial charge is 0.497 e. The Morgan fingerprint density at radius 2 is 1.84 bits per heavy atom. The van der Waals surface area contributed by atoms with Gasteiger partial charge in [-0.2, -0.15) is 0 Å². The monoisotopic (exact) mass is 358 g/mol. The second kappa shape index (κ2) is 9.64. The minimum Gasteiger partial charge on any atom is -0.497 e. The predicted octanol–water partition coefficient (Wildman–Crippen LogP) is 4.00. The van der Waals surface area contributed by atoms with Crippen molar-refractivity contribution in [2.45, 2.75) is 19.8 Å². The fourth-order valence-corrected chi connectivity index (χ4v) is 2.32. The molecule has 0 aliphatic carbocycles. The van der Waals surface area contributed by atoms with E-state index >= 15 is 0 Å². The highest BCUT2D eigenvalue weighted by Gasteiger charge is 2.13. The van der Waals surface area contributed by atoms with Gasteiger partial charge in [0.15, 0.2) is 5.11 Å². The molecular weight excluding hydrogens is 336 g/mol. The highest BCUT2D eigenvalue weighted by atomic mass is 32.1. The third kappa shape index (κ3) is 5.76. The summed E-state index contributed by atoms with van der Waals surface area (Å²) >= 11 is 5.21. The van der Waals surface area contributed by atoms with Gasteiger partial charge in [-0.3, -0.25) is 10.1 Å². The zero-order valence-corrected chi connectivity index (χ0v) is 15.2. The zero-order valence-electron chi connectivity index (χ0n) is 14.4. The van der Waals surface area contributed by atoms with E-state index in [0.717, 1.165) is 24.3 Å². The zero-order chi connectivity index (χ0) is 18.1. The van der Waals surface area contributed by atoms with E-state index in [1.807, 2.05) is 30.3 Å². The molecule has 0 heterocycles. The molecule has 5 nitrogen and oxygen atoms in total. The van der Waals surface area contributed by atoms with E-state index < -0.39 is 0 Å². The molecule has 0 radical (unpaired) electrons. The lowest BCUT2D eigenvalue weighted by molar-refractivity contribution is 0.0973. The molecule has 0 bridgehead atoms. The van der Waals surface area contributed by atoms with Crippen molar-refractivity contribution in [3.05, 3.63) is 54.1 Å². The summed E-state index contributed by atoms with van der Waals surface area (Å²) < 4.78 is 10.8. The van der Waals surface area contributed by atoms with Crippen LogP contribution in [0.5, 0.6) is 11.5 Å². The van der Waals surface area contributed by atoms with E-state index in [4.69, 9.17) is 21.7 Å². The maximum atomic E-state index is 12.5. The van der Waals surface area contributed by atoms with E-state index in [9.17, 15) is 4.79 Å². The predicted molar refractivity (Wildman–Crippen MR) is 104 cm³/mol. The van der Waals surface area contributed by atoms with Crippen molar-refractivity contribution in [1.29, 1.82) is 0 Å². The van der Waals surface area contributed by atoms with Gasteiger partial charge in [0.1, 0.15) is 11.5 Å². The molecule has 2 N–H and O–H groups in total. The molecule has 0 spiro atoms. The average molecular weight is 358 g/mol. The number of carbonyl (C=O) groups excluding carboxylic acids is 1. The Hall–Kier alpha value is -2.60. The molecule has 1 amide bonds. The van der Waals surface area contributed by atoms with Gasteiger partial charge in [0.25, 0.3) is 5.91 Å². The molecule has 0 fully saturated rings. The number of carbonyl (C=O) groups is 1.